The molecule has 0 aromatic heterocycles. The van der Waals surface area contributed by atoms with E-state index < -0.39 is 0 Å². The van der Waals surface area contributed by atoms with Gasteiger partial charge in [0.05, 0.1) is 0 Å². The summed E-state index contributed by atoms with van der Waals surface area (Å²) in [4.78, 5) is 14.4. The molecule has 0 bridgehead atoms. The molecule has 0 atom stereocenters. The van der Waals surface area contributed by atoms with Gasteiger partial charge in [0, 0.05) is 22.6 Å². The normalized spacial score (nSPS) is 15.1. The summed E-state index contributed by atoms with van der Waals surface area (Å²) in [6.07, 6.45) is 2.55. The van der Waals surface area contributed by atoms with Crippen molar-refractivity contribution in [1.82, 2.24) is 4.90 Å². The zero-order valence-electron chi connectivity index (χ0n) is 10.3. The van der Waals surface area contributed by atoms with E-state index in [1.165, 1.54) is 12.8 Å². The fourth-order valence-corrected chi connectivity index (χ4v) is 2.29. The van der Waals surface area contributed by atoms with E-state index >= 15 is 0 Å². The molecular formula is C14H18BrNO. The molecule has 0 unspecified atom stereocenters. The summed E-state index contributed by atoms with van der Waals surface area (Å²) in [5, 5.41) is 0. The van der Waals surface area contributed by atoms with Gasteiger partial charge in [-0.1, -0.05) is 22.0 Å². The second kappa shape index (κ2) is 5.21. The summed E-state index contributed by atoms with van der Waals surface area (Å²) in [6, 6.07) is 7.90. The summed E-state index contributed by atoms with van der Waals surface area (Å²) >= 11 is 3.41. The molecule has 1 saturated carbocycles. The van der Waals surface area contributed by atoms with E-state index in [9.17, 15) is 4.79 Å². The van der Waals surface area contributed by atoms with Gasteiger partial charge in [0.2, 0.25) is 0 Å². The molecule has 92 valence electrons. The van der Waals surface area contributed by atoms with Crippen molar-refractivity contribution in [1.29, 1.82) is 0 Å². The summed E-state index contributed by atoms with van der Waals surface area (Å²) in [5.41, 5.74) is 0.772. The first kappa shape index (κ1) is 12.6. The van der Waals surface area contributed by atoms with E-state index in [0.29, 0.717) is 0 Å². The van der Waals surface area contributed by atoms with Gasteiger partial charge in [0.25, 0.3) is 5.91 Å². The van der Waals surface area contributed by atoms with Crippen LogP contribution in [-0.4, -0.2) is 23.4 Å². The number of rotatable bonds is 4. The van der Waals surface area contributed by atoms with Gasteiger partial charge in [0.1, 0.15) is 0 Å². The third kappa shape index (κ3) is 3.32. The average molecular weight is 296 g/mol. The minimum absolute atomic E-state index is 0.146. The van der Waals surface area contributed by atoms with E-state index in [1.807, 2.05) is 29.2 Å². The highest BCUT2D eigenvalue weighted by Crippen LogP contribution is 2.31. The topological polar surface area (TPSA) is 20.3 Å². The molecule has 1 fully saturated rings. The van der Waals surface area contributed by atoms with Gasteiger partial charge in [-0.2, -0.15) is 0 Å². The largest absolute Gasteiger partial charge is 0.336 e. The summed E-state index contributed by atoms with van der Waals surface area (Å²) in [7, 11) is 0. The van der Waals surface area contributed by atoms with Crippen molar-refractivity contribution in [3.05, 3.63) is 34.3 Å². The van der Waals surface area contributed by atoms with E-state index in [2.05, 4.69) is 29.8 Å². The Labute approximate surface area is 111 Å². The van der Waals surface area contributed by atoms with Crippen LogP contribution in [0.1, 0.15) is 37.0 Å². The molecule has 0 radical (unpaired) electrons. The summed E-state index contributed by atoms with van der Waals surface area (Å²) in [6.45, 7) is 5.07. The molecule has 2 nitrogen and oxygen atoms in total. The maximum Gasteiger partial charge on any atom is 0.254 e. The fraction of sp³-hybridized carbons (Fsp3) is 0.500. The van der Waals surface area contributed by atoms with Crippen molar-refractivity contribution in [2.75, 3.05) is 6.54 Å². The van der Waals surface area contributed by atoms with Gasteiger partial charge in [-0.05, 0) is 50.8 Å². The van der Waals surface area contributed by atoms with Crippen LogP contribution in [0.2, 0.25) is 0 Å². The first-order valence-corrected chi connectivity index (χ1v) is 6.93. The number of hydrogen-bond donors (Lipinski definition) is 0. The van der Waals surface area contributed by atoms with Gasteiger partial charge in [-0.25, -0.2) is 0 Å². The first-order valence-electron chi connectivity index (χ1n) is 6.14. The molecule has 0 N–H and O–H groups in total. The molecule has 3 heteroatoms. The molecule has 0 aliphatic heterocycles. The van der Waals surface area contributed by atoms with Crippen molar-refractivity contribution >= 4 is 21.8 Å². The van der Waals surface area contributed by atoms with Crippen LogP contribution in [0.25, 0.3) is 0 Å². The number of carbonyl (C=O) groups is 1. The Morgan fingerprint density at radius 2 is 2.18 bits per heavy atom. The Morgan fingerprint density at radius 1 is 1.47 bits per heavy atom. The van der Waals surface area contributed by atoms with Crippen LogP contribution in [-0.2, 0) is 0 Å². The standard InChI is InChI=1S/C14H18BrNO/c1-10(2)16(9-11-6-7-11)14(17)12-4-3-5-13(15)8-12/h3-5,8,10-11H,6-7,9H2,1-2H3. The predicted molar refractivity (Wildman–Crippen MR) is 73.0 cm³/mol. The van der Waals surface area contributed by atoms with E-state index in [0.717, 1.165) is 22.5 Å². The van der Waals surface area contributed by atoms with Gasteiger partial charge in [0.15, 0.2) is 0 Å². The molecule has 0 heterocycles. The minimum Gasteiger partial charge on any atom is -0.336 e. The van der Waals surface area contributed by atoms with Crippen LogP contribution in [0.3, 0.4) is 0 Å². The molecular weight excluding hydrogens is 278 g/mol. The summed E-state index contributed by atoms with van der Waals surface area (Å²) < 4.78 is 0.957. The Morgan fingerprint density at radius 3 is 2.71 bits per heavy atom. The SMILES string of the molecule is CC(C)N(CC1CC1)C(=O)c1cccc(Br)c1. The monoisotopic (exact) mass is 295 g/mol. The average Bonchev–Trinajstić information content (AvgIpc) is 3.08. The molecule has 0 spiro atoms. The lowest BCUT2D eigenvalue weighted by Crippen LogP contribution is -2.38. The number of carbonyl (C=O) groups excluding carboxylic acids is 1. The molecule has 1 aliphatic carbocycles. The van der Waals surface area contributed by atoms with Crippen molar-refractivity contribution in [3.8, 4) is 0 Å². The quantitative estimate of drug-likeness (QED) is 0.829. The third-order valence-corrected chi connectivity index (χ3v) is 3.60. The maximum atomic E-state index is 12.4. The van der Waals surface area contributed by atoms with E-state index in [-0.39, 0.29) is 11.9 Å². The summed E-state index contributed by atoms with van der Waals surface area (Å²) in [5.74, 6) is 0.877. The Hall–Kier alpha value is -0.830. The third-order valence-electron chi connectivity index (χ3n) is 3.11. The lowest BCUT2D eigenvalue weighted by Gasteiger charge is -2.27. The molecule has 1 aliphatic rings. The molecule has 17 heavy (non-hydrogen) atoms. The van der Waals surface area contributed by atoms with Gasteiger partial charge < -0.3 is 4.90 Å². The molecule has 0 saturated heterocycles. The van der Waals surface area contributed by atoms with Crippen LogP contribution in [0, 0.1) is 5.92 Å². The van der Waals surface area contributed by atoms with Crippen molar-refractivity contribution < 1.29 is 4.79 Å². The highest BCUT2D eigenvalue weighted by atomic mass is 79.9. The van der Waals surface area contributed by atoms with Gasteiger partial charge in [-0.15, -0.1) is 0 Å². The first-order chi connectivity index (χ1) is 8.08. The zero-order valence-corrected chi connectivity index (χ0v) is 11.9. The second-order valence-electron chi connectivity index (χ2n) is 5.00. The number of hydrogen-bond acceptors (Lipinski definition) is 1. The molecule has 1 amide bonds. The molecule has 2 rings (SSSR count). The van der Waals surface area contributed by atoms with Crippen LogP contribution >= 0.6 is 15.9 Å². The number of benzene rings is 1. The second-order valence-corrected chi connectivity index (χ2v) is 5.92. The minimum atomic E-state index is 0.146. The smallest absolute Gasteiger partial charge is 0.254 e. The molecule has 1 aromatic carbocycles. The van der Waals surface area contributed by atoms with Crippen LogP contribution in [0.5, 0.6) is 0 Å². The number of amides is 1. The van der Waals surface area contributed by atoms with Crippen molar-refractivity contribution in [2.24, 2.45) is 5.92 Å². The highest BCUT2D eigenvalue weighted by Gasteiger charge is 2.28. The van der Waals surface area contributed by atoms with E-state index in [4.69, 9.17) is 0 Å². The number of nitrogens with zero attached hydrogens (tertiary/aromatic N) is 1. The lowest BCUT2D eigenvalue weighted by atomic mass is 10.1. The van der Waals surface area contributed by atoms with Gasteiger partial charge in [-0.3, -0.25) is 4.79 Å². The zero-order chi connectivity index (χ0) is 12.4. The fourth-order valence-electron chi connectivity index (χ4n) is 1.89. The highest BCUT2D eigenvalue weighted by molar-refractivity contribution is 9.10. The maximum absolute atomic E-state index is 12.4. The van der Waals surface area contributed by atoms with Crippen molar-refractivity contribution in [2.45, 2.75) is 32.7 Å². The predicted octanol–water partition coefficient (Wildman–Crippen LogP) is 3.71. The van der Waals surface area contributed by atoms with E-state index in [1.54, 1.807) is 0 Å². The van der Waals surface area contributed by atoms with Crippen molar-refractivity contribution in [3.63, 3.8) is 0 Å². The Balaban J connectivity index is 2.14. The lowest BCUT2D eigenvalue weighted by molar-refractivity contribution is 0.0696. The van der Waals surface area contributed by atoms with Crippen LogP contribution in [0.15, 0.2) is 28.7 Å². The molecule has 1 aromatic rings. The Bertz CT molecular complexity index is 412. The van der Waals surface area contributed by atoms with Crippen LogP contribution in [0.4, 0.5) is 0 Å². The Kier molecular flexibility index (Phi) is 3.87. The number of halogens is 1. The van der Waals surface area contributed by atoms with Gasteiger partial charge >= 0.3 is 0 Å². The van der Waals surface area contributed by atoms with Crippen LogP contribution < -0.4 is 0 Å².